The van der Waals surface area contributed by atoms with Crippen molar-refractivity contribution in [3.8, 4) is 5.75 Å². The second-order valence-electron chi connectivity index (χ2n) is 5.28. The Morgan fingerprint density at radius 3 is 2.27 bits per heavy atom. The van der Waals surface area contributed by atoms with Crippen LogP contribution in [0.5, 0.6) is 5.75 Å². The Labute approximate surface area is 148 Å². The fourth-order valence-corrected chi connectivity index (χ4v) is 2.15. The van der Waals surface area contributed by atoms with Gasteiger partial charge in [-0.05, 0) is 17.7 Å². The molecule has 0 unspecified atom stereocenters. The number of nitrogens with zero attached hydrogens (tertiary/aromatic N) is 1. The van der Waals surface area contributed by atoms with E-state index in [1.165, 1.54) is 24.3 Å². The minimum absolute atomic E-state index is 0.126. The van der Waals surface area contributed by atoms with Gasteiger partial charge in [0.1, 0.15) is 11.9 Å². The first kappa shape index (κ1) is 18.9. The number of carboxylic acid groups (broad SMARTS) is 1. The van der Waals surface area contributed by atoms with Crippen molar-refractivity contribution in [3.05, 3.63) is 70.3 Å². The average molecular weight is 360 g/mol. The number of ether oxygens (including phenoxy) is 1. The summed E-state index contributed by atoms with van der Waals surface area (Å²) in [4.78, 5) is 33.3. The third kappa shape index (κ3) is 5.02. The fraction of sp³-hybridized carbons (Fsp3) is 0.176. The first-order valence-electron chi connectivity index (χ1n) is 7.51. The molecule has 0 aliphatic rings. The van der Waals surface area contributed by atoms with Crippen LogP contribution in [-0.4, -0.2) is 39.7 Å². The predicted octanol–water partition coefficient (Wildman–Crippen LogP) is 1.28. The molecule has 3 N–H and O–H groups in total. The van der Waals surface area contributed by atoms with Gasteiger partial charge in [0.2, 0.25) is 0 Å². The van der Waals surface area contributed by atoms with Gasteiger partial charge in [0.25, 0.3) is 11.6 Å². The lowest BCUT2D eigenvalue weighted by atomic mass is 10.0. The number of hydrogen-bond donors (Lipinski definition) is 3. The van der Waals surface area contributed by atoms with Crippen molar-refractivity contribution in [2.45, 2.75) is 12.1 Å². The van der Waals surface area contributed by atoms with Crippen molar-refractivity contribution in [2.75, 3.05) is 6.61 Å². The van der Waals surface area contributed by atoms with Gasteiger partial charge >= 0.3 is 5.97 Å². The van der Waals surface area contributed by atoms with Gasteiger partial charge in [-0.25, -0.2) is 4.79 Å². The highest BCUT2D eigenvalue weighted by molar-refractivity contribution is 5.85. The van der Waals surface area contributed by atoms with Crippen LogP contribution < -0.4 is 10.1 Å². The molecule has 0 aliphatic heterocycles. The Hall–Kier alpha value is -3.46. The maximum atomic E-state index is 11.9. The first-order valence-corrected chi connectivity index (χ1v) is 7.51. The summed E-state index contributed by atoms with van der Waals surface area (Å²) in [5.41, 5.74) is 0.218. The number of benzene rings is 2. The number of non-ortho nitro benzene ring substituents is 1. The lowest BCUT2D eigenvalue weighted by Crippen LogP contribution is -2.46. The SMILES string of the molecule is O=C(COc1ccc([N+](=O)[O-])cc1)N[C@H](C(=O)O)[C@H](O)c1ccccc1. The van der Waals surface area contributed by atoms with Crippen LogP contribution >= 0.6 is 0 Å². The number of carboxylic acids is 1. The summed E-state index contributed by atoms with van der Waals surface area (Å²) in [6.45, 7) is -0.511. The van der Waals surface area contributed by atoms with Crippen LogP contribution in [0, 0.1) is 10.1 Å². The van der Waals surface area contributed by atoms with Crippen molar-refractivity contribution in [2.24, 2.45) is 0 Å². The number of aliphatic carboxylic acids is 1. The van der Waals surface area contributed by atoms with Gasteiger partial charge in [-0.3, -0.25) is 14.9 Å². The molecule has 0 saturated carbocycles. The number of carbonyl (C=O) groups is 2. The number of nitrogens with one attached hydrogen (secondary N) is 1. The molecule has 9 nitrogen and oxygen atoms in total. The Bertz CT molecular complexity index is 777. The van der Waals surface area contributed by atoms with Crippen LogP contribution in [0.4, 0.5) is 5.69 Å². The predicted molar refractivity (Wildman–Crippen MR) is 89.6 cm³/mol. The molecule has 0 aromatic heterocycles. The largest absolute Gasteiger partial charge is 0.484 e. The van der Waals surface area contributed by atoms with Crippen LogP contribution in [-0.2, 0) is 9.59 Å². The summed E-state index contributed by atoms with van der Waals surface area (Å²) in [5.74, 6) is -1.95. The highest BCUT2D eigenvalue weighted by Crippen LogP contribution is 2.18. The molecule has 0 spiro atoms. The molecule has 0 heterocycles. The van der Waals surface area contributed by atoms with Gasteiger partial charge in [-0.15, -0.1) is 0 Å². The van der Waals surface area contributed by atoms with Crippen molar-refractivity contribution >= 4 is 17.6 Å². The van der Waals surface area contributed by atoms with E-state index in [0.717, 1.165) is 0 Å². The van der Waals surface area contributed by atoms with Crippen LogP contribution in [0.25, 0.3) is 0 Å². The fourth-order valence-electron chi connectivity index (χ4n) is 2.15. The van der Waals surface area contributed by atoms with E-state index in [4.69, 9.17) is 4.74 Å². The Balaban J connectivity index is 1.95. The smallest absolute Gasteiger partial charge is 0.329 e. The summed E-state index contributed by atoms with van der Waals surface area (Å²) in [7, 11) is 0. The zero-order valence-corrected chi connectivity index (χ0v) is 13.4. The number of aliphatic hydroxyl groups excluding tert-OH is 1. The van der Waals surface area contributed by atoms with E-state index in [1.807, 2.05) is 0 Å². The van der Waals surface area contributed by atoms with Crippen molar-refractivity contribution < 1.29 is 29.5 Å². The monoisotopic (exact) mass is 360 g/mol. The third-order valence-electron chi connectivity index (χ3n) is 3.46. The van der Waals surface area contributed by atoms with Gasteiger partial charge in [0, 0.05) is 12.1 Å². The van der Waals surface area contributed by atoms with Gasteiger partial charge < -0.3 is 20.3 Å². The van der Waals surface area contributed by atoms with Gasteiger partial charge in [-0.2, -0.15) is 0 Å². The Morgan fingerprint density at radius 1 is 1.12 bits per heavy atom. The normalized spacial score (nSPS) is 12.7. The molecule has 136 valence electrons. The zero-order chi connectivity index (χ0) is 19.1. The number of nitro benzene ring substituents is 1. The molecule has 2 aromatic carbocycles. The quantitative estimate of drug-likeness (QED) is 0.476. The number of nitro groups is 1. The minimum Gasteiger partial charge on any atom is -0.484 e. The van der Waals surface area contributed by atoms with Crippen molar-refractivity contribution in [1.82, 2.24) is 5.32 Å². The molecule has 2 atom stereocenters. The van der Waals surface area contributed by atoms with E-state index in [2.05, 4.69) is 5.32 Å². The summed E-state index contributed by atoms with van der Waals surface area (Å²) in [6.07, 6.45) is -1.43. The standard InChI is InChI=1S/C17H16N2O7/c20-14(10-26-13-8-6-12(7-9-13)19(24)25)18-15(17(22)23)16(21)11-4-2-1-3-5-11/h1-9,15-16,21H,10H2,(H,18,20)(H,22,23)/t15-,16+/m0/s1. The maximum Gasteiger partial charge on any atom is 0.329 e. The minimum atomic E-state index is -1.55. The summed E-state index contributed by atoms with van der Waals surface area (Å²) in [5, 5.41) is 32.2. The second kappa shape index (κ2) is 8.58. The molecular weight excluding hydrogens is 344 g/mol. The highest BCUT2D eigenvalue weighted by Gasteiger charge is 2.29. The molecule has 0 radical (unpaired) electrons. The van der Waals surface area contributed by atoms with Gasteiger partial charge in [0.15, 0.2) is 12.6 Å². The molecule has 0 fully saturated rings. The van der Waals surface area contributed by atoms with Crippen LogP contribution in [0.1, 0.15) is 11.7 Å². The average Bonchev–Trinajstić information content (AvgIpc) is 2.64. The van der Waals surface area contributed by atoms with Crippen LogP contribution in [0.3, 0.4) is 0 Å². The summed E-state index contributed by atoms with van der Waals surface area (Å²) < 4.78 is 5.16. The number of carbonyl (C=O) groups excluding carboxylic acids is 1. The topological polar surface area (TPSA) is 139 Å². The molecule has 2 rings (SSSR count). The molecule has 0 aliphatic carbocycles. The van der Waals surface area contributed by atoms with Gasteiger partial charge in [-0.1, -0.05) is 30.3 Å². The number of aliphatic hydroxyl groups is 1. The molecule has 1 amide bonds. The number of rotatable bonds is 8. The van der Waals surface area contributed by atoms with Crippen molar-refractivity contribution in [3.63, 3.8) is 0 Å². The number of amides is 1. The lowest BCUT2D eigenvalue weighted by Gasteiger charge is -2.20. The van der Waals surface area contributed by atoms with E-state index in [1.54, 1.807) is 30.3 Å². The van der Waals surface area contributed by atoms with E-state index in [0.29, 0.717) is 5.56 Å². The lowest BCUT2D eigenvalue weighted by molar-refractivity contribution is -0.384. The summed E-state index contributed by atoms with van der Waals surface area (Å²) >= 11 is 0. The van der Waals surface area contributed by atoms with E-state index in [9.17, 15) is 29.9 Å². The molecule has 9 heteroatoms. The van der Waals surface area contributed by atoms with E-state index >= 15 is 0 Å². The third-order valence-corrected chi connectivity index (χ3v) is 3.46. The second-order valence-corrected chi connectivity index (χ2v) is 5.28. The van der Waals surface area contributed by atoms with Crippen LogP contribution in [0.15, 0.2) is 54.6 Å². The molecular formula is C17H16N2O7. The number of hydrogen-bond acceptors (Lipinski definition) is 6. The molecule has 0 saturated heterocycles. The maximum absolute atomic E-state index is 11.9. The highest BCUT2D eigenvalue weighted by atomic mass is 16.6. The van der Waals surface area contributed by atoms with Crippen molar-refractivity contribution in [1.29, 1.82) is 0 Å². The zero-order valence-electron chi connectivity index (χ0n) is 13.4. The molecule has 2 aromatic rings. The van der Waals surface area contributed by atoms with Crippen LogP contribution in [0.2, 0.25) is 0 Å². The molecule has 26 heavy (non-hydrogen) atoms. The van der Waals surface area contributed by atoms with Gasteiger partial charge in [0.05, 0.1) is 4.92 Å². The molecule has 0 bridgehead atoms. The van der Waals surface area contributed by atoms with E-state index < -0.39 is 35.6 Å². The Kier molecular flexibility index (Phi) is 6.23. The van der Waals surface area contributed by atoms with E-state index in [-0.39, 0.29) is 11.4 Å². The summed E-state index contributed by atoms with van der Waals surface area (Å²) in [6, 6.07) is 11.6. The first-order chi connectivity index (χ1) is 12.4. The Morgan fingerprint density at radius 2 is 1.73 bits per heavy atom.